The summed E-state index contributed by atoms with van der Waals surface area (Å²) >= 11 is 0. The minimum absolute atomic E-state index is 0.101. The molecular weight excluding hydrogens is 465 g/mol. The van der Waals surface area contributed by atoms with Gasteiger partial charge in [-0.2, -0.15) is 0 Å². The van der Waals surface area contributed by atoms with E-state index >= 15 is 0 Å². The quantitative estimate of drug-likeness (QED) is 0.407. The molecular formula is C26H26FN5O4. The number of aromatic nitrogens is 2. The molecule has 0 spiro atoms. The summed E-state index contributed by atoms with van der Waals surface area (Å²) in [4.78, 5) is 39.0. The molecule has 2 amide bonds. The number of benzene rings is 1. The van der Waals surface area contributed by atoms with Crippen LogP contribution in [-0.4, -0.2) is 71.8 Å². The fraction of sp³-hybridized carbons (Fsp3) is 0.308. The lowest BCUT2D eigenvalue weighted by Gasteiger charge is -2.26. The van der Waals surface area contributed by atoms with E-state index in [9.17, 15) is 14.0 Å². The number of amides is 2. The highest BCUT2D eigenvalue weighted by Gasteiger charge is 2.21. The summed E-state index contributed by atoms with van der Waals surface area (Å²) in [7, 11) is 0. The Balaban J connectivity index is 1.34. The van der Waals surface area contributed by atoms with Crippen molar-refractivity contribution in [2.45, 2.75) is 13.3 Å². The predicted octanol–water partition coefficient (Wildman–Crippen LogP) is 2.77. The summed E-state index contributed by atoms with van der Waals surface area (Å²) < 4.78 is 20.1. The maximum atomic E-state index is 14.8. The van der Waals surface area contributed by atoms with Crippen molar-refractivity contribution in [3.63, 3.8) is 0 Å². The number of rotatable bonds is 6. The lowest BCUT2D eigenvalue weighted by Crippen LogP contribution is -2.42. The molecule has 9 nitrogen and oxygen atoms in total. The van der Waals surface area contributed by atoms with Gasteiger partial charge in [0.25, 0.3) is 11.8 Å². The molecule has 1 fully saturated rings. The Morgan fingerprint density at radius 3 is 2.83 bits per heavy atom. The van der Waals surface area contributed by atoms with Crippen LogP contribution in [0.15, 0.2) is 47.8 Å². The third-order valence-electron chi connectivity index (χ3n) is 6.29. The van der Waals surface area contributed by atoms with Gasteiger partial charge in [-0.15, -0.1) is 0 Å². The highest BCUT2D eigenvalue weighted by Crippen LogP contribution is 2.29. The Morgan fingerprint density at radius 2 is 2.03 bits per heavy atom. The van der Waals surface area contributed by atoms with Crippen LogP contribution in [0.1, 0.15) is 28.5 Å². The molecule has 1 aromatic carbocycles. The van der Waals surface area contributed by atoms with Gasteiger partial charge in [-0.1, -0.05) is 11.2 Å². The number of H-pyrrole nitrogens is 1. The lowest BCUT2D eigenvalue weighted by atomic mass is 10.0. The number of halogens is 1. The zero-order chi connectivity index (χ0) is 25.1. The lowest BCUT2D eigenvalue weighted by molar-refractivity contribution is -0.140. The highest BCUT2D eigenvalue weighted by atomic mass is 19.1. The number of hydrogen-bond donors (Lipinski definition) is 2. The standard InChI is InChI=1S/C26H26FN5O4/c1-16(31-36-15-25(33)32-8-10-35-11-9-32)17-2-3-21(27)19(12-17)24-13-18(4-6-28-24)23-14-20-22(30-23)5-7-29-26(20)34/h2-4,6,12-14,30H,5,7-11,15H2,1H3,(H,29,34). The van der Waals surface area contributed by atoms with Crippen LogP contribution in [0.5, 0.6) is 0 Å². The number of morpholine rings is 1. The summed E-state index contributed by atoms with van der Waals surface area (Å²) in [6, 6.07) is 10.0. The summed E-state index contributed by atoms with van der Waals surface area (Å²) in [6.07, 6.45) is 2.34. The molecule has 2 N–H and O–H groups in total. The van der Waals surface area contributed by atoms with Gasteiger partial charge in [0.1, 0.15) is 5.82 Å². The van der Waals surface area contributed by atoms with Crippen molar-refractivity contribution in [1.82, 2.24) is 20.2 Å². The first kappa shape index (κ1) is 23.7. The third-order valence-corrected chi connectivity index (χ3v) is 6.29. The molecule has 1 saturated heterocycles. The summed E-state index contributed by atoms with van der Waals surface area (Å²) in [5.41, 5.74) is 4.98. The maximum absolute atomic E-state index is 14.8. The summed E-state index contributed by atoms with van der Waals surface area (Å²) in [5, 5.41) is 6.89. The Bertz CT molecular complexity index is 1330. The van der Waals surface area contributed by atoms with Gasteiger partial charge in [-0.25, -0.2) is 4.39 Å². The van der Waals surface area contributed by atoms with Crippen molar-refractivity contribution in [2.24, 2.45) is 5.16 Å². The molecule has 10 heteroatoms. The van der Waals surface area contributed by atoms with Crippen molar-refractivity contribution < 1.29 is 23.6 Å². The molecule has 4 heterocycles. The predicted molar refractivity (Wildman–Crippen MR) is 131 cm³/mol. The number of hydrogen-bond acceptors (Lipinski definition) is 6. The van der Waals surface area contributed by atoms with E-state index in [-0.39, 0.29) is 18.4 Å². The number of oxime groups is 1. The van der Waals surface area contributed by atoms with Gasteiger partial charge in [0.05, 0.1) is 30.2 Å². The van der Waals surface area contributed by atoms with E-state index in [4.69, 9.17) is 9.57 Å². The maximum Gasteiger partial charge on any atom is 0.263 e. The Hall–Kier alpha value is -4.05. The van der Waals surface area contributed by atoms with Gasteiger partial charge in [-0.3, -0.25) is 14.6 Å². The molecule has 0 bridgehead atoms. The normalized spacial score (nSPS) is 15.9. The number of fused-ring (bicyclic) bond motifs is 1. The largest absolute Gasteiger partial charge is 0.385 e. The average Bonchev–Trinajstić information content (AvgIpc) is 3.35. The van der Waals surface area contributed by atoms with Crippen LogP contribution in [0.3, 0.4) is 0 Å². The second-order valence-corrected chi connectivity index (χ2v) is 8.65. The first-order valence-corrected chi connectivity index (χ1v) is 11.8. The van der Waals surface area contributed by atoms with Gasteiger partial charge >= 0.3 is 0 Å². The van der Waals surface area contributed by atoms with Gasteiger partial charge in [0.15, 0.2) is 6.61 Å². The van der Waals surface area contributed by atoms with Crippen molar-refractivity contribution >= 4 is 17.5 Å². The number of nitrogens with zero attached hydrogens (tertiary/aromatic N) is 3. The smallest absolute Gasteiger partial charge is 0.263 e. The topological polar surface area (TPSA) is 109 Å². The molecule has 2 aliphatic rings. The van der Waals surface area contributed by atoms with E-state index in [1.807, 2.05) is 12.1 Å². The zero-order valence-electron chi connectivity index (χ0n) is 19.8. The first-order chi connectivity index (χ1) is 17.5. The van der Waals surface area contributed by atoms with Crippen molar-refractivity contribution in [3.8, 4) is 22.5 Å². The molecule has 186 valence electrons. The van der Waals surface area contributed by atoms with E-state index < -0.39 is 5.82 Å². The number of ether oxygens (including phenoxy) is 1. The second kappa shape index (κ2) is 10.3. The van der Waals surface area contributed by atoms with E-state index in [1.165, 1.54) is 6.07 Å². The Kier molecular flexibility index (Phi) is 6.77. The fourth-order valence-electron chi connectivity index (χ4n) is 4.28. The SMILES string of the molecule is CC(=NOCC(=O)N1CCOCC1)c1ccc(F)c(-c2cc(-c3cc4c([nH]3)CCNC4=O)ccn2)c1. The monoisotopic (exact) mass is 491 g/mol. The van der Waals surface area contributed by atoms with E-state index in [0.29, 0.717) is 60.9 Å². The molecule has 0 saturated carbocycles. The van der Waals surface area contributed by atoms with E-state index in [0.717, 1.165) is 23.4 Å². The molecule has 36 heavy (non-hydrogen) atoms. The van der Waals surface area contributed by atoms with Crippen LogP contribution >= 0.6 is 0 Å². The average molecular weight is 492 g/mol. The van der Waals surface area contributed by atoms with Gasteiger partial charge < -0.3 is 24.8 Å². The van der Waals surface area contributed by atoms with Gasteiger partial charge in [0.2, 0.25) is 0 Å². The first-order valence-electron chi connectivity index (χ1n) is 11.8. The number of carbonyl (C=O) groups excluding carboxylic acids is 2. The van der Waals surface area contributed by atoms with Gasteiger partial charge in [0, 0.05) is 54.8 Å². The van der Waals surface area contributed by atoms with Crippen molar-refractivity contribution in [2.75, 3.05) is 39.5 Å². The zero-order valence-corrected chi connectivity index (χ0v) is 19.8. The number of pyridine rings is 1. The summed E-state index contributed by atoms with van der Waals surface area (Å²) in [6.45, 7) is 4.26. The van der Waals surface area contributed by atoms with E-state index in [2.05, 4.69) is 20.4 Å². The second-order valence-electron chi connectivity index (χ2n) is 8.65. The van der Waals surface area contributed by atoms with Crippen LogP contribution in [-0.2, 0) is 20.8 Å². The molecule has 3 aromatic rings. The number of nitrogens with one attached hydrogen (secondary N) is 2. The summed E-state index contributed by atoms with van der Waals surface area (Å²) in [5.74, 6) is -0.681. The van der Waals surface area contributed by atoms with Crippen LogP contribution in [0, 0.1) is 5.82 Å². The minimum Gasteiger partial charge on any atom is -0.385 e. The molecule has 0 atom stereocenters. The molecule has 5 rings (SSSR count). The molecule has 2 aliphatic heterocycles. The Labute approximate surface area is 207 Å². The number of aromatic amines is 1. The minimum atomic E-state index is -0.426. The van der Waals surface area contributed by atoms with Crippen molar-refractivity contribution in [1.29, 1.82) is 0 Å². The van der Waals surface area contributed by atoms with Crippen molar-refractivity contribution in [3.05, 3.63) is 65.2 Å². The number of carbonyl (C=O) groups is 2. The van der Waals surface area contributed by atoms with Crippen LogP contribution < -0.4 is 5.32 Å². The van der Waals surface area contributed by atoms with Crippen LogP contribution in [0.25, 0.3) is 22.5 Å². The highest BCUT2D eigenvalue weighted by molar-refractivity contribution is 5.99. The molecule has 0 radical (unpaired) electrons. The molecule has 0 unspecified atom stereocenters. The molecule has 2 aromatic heterocycles. The fourth-order valence-corrected chi connectivity index (χ4v) is 4.28. The van der Waals surface area contributed by atoms with E-state index in [1.54, 1.807) is 36.2 Å². The molecule has 0 aliphatic carbocycles. The van der Waals surface area contributed by atoms with Crippen LogP contribution in [0.4, 0.5) is 4.39 Å². The van der Waals surface area contributed by atoms with Gasteiger partial charge in [-0.05, 0) is 42.8 Å². The van der Waals surface area contributed by atoms with Crippen LogP contribution in [0.2, 0.25) is 0 Å². The Morgan fingerprint density at radius 1 is 1.19 bits per heavy atom. The third kappa shape index (κ3) is 4.99.